The van der Waals surface area contributed by atoms with Gasteiger partial charge in [0, 0.05) is 25.0 Å². The molecule has 6 N–H and O–H groups in total. The first-order chi connectivity index (χ1) is 8.92. The summed E-state index contributed by atoms with van der Waals surface area (Å²) in [5, 5.41) is 55.6. The van der Waals surface area contributed by atoms with Crippen molar-refractivity contribution in [3.8, 4) is 0 Å². The van der Waals surface area contributed by atoms with E-state index in [1.165, 1.54) is 0 Å². The Morgan fingerprint density at radius 2 is 1.00 bits per heavy atom. The van der Waals surface area contributed by atoms with Crippen molar-refractivity contribution in [1.82, 2.24) is 0 Å². The predicted molar refractivity (Wildman–Crippen MR) is 67.3 cm³/mol. The zero-order valence-electron chi connectivity index (χ0n) is 11.4. The van der Waals surface area contributed by atoms with Crippen LogP contribution in [0.15, 0.2) is 0 Å². The maximum Gasteiger partial charge on any atom is 0.104 e. The summed E-state index contributed by atoms with van der Waals surface area (Å²) in [5.41, 5.74) is 0. The minimum Gasteiger partial charge on any atom is -0.396 e. The summed E-state index contributed by atoms with van der Waals surface area (Å²) in [6.45, 7) is 1.61. The minimum atomic E-state index is -1.22. The molecule has 6 unspecified atom stereocenters. The Bertz CT molecular complexity index is 184. The second-order valence-electron chi connectivity index (χ2n) is 4.88. The molecule has 116 valence electrons. The van der Waals surface area contributed by atoms with Gasteiger partial charge in [0.25, 0.3) is 0 Å². The number of aliphatic hydroxyl groups is 6. The van der Waals surface area contributed by atoms with E-state index in [2.05, 4.69) is 0 Å². The molecular formula is C12H26O7. The second-order valence-corrected chi connectivity index (χ2v) is 4.88. The fourth-order valence-corrected chi connectivity index (χ4v) is 1.81. The van der Waals surface area contributed by atoms with Crippen LogP contribution < -0.4 is 0 Å². The highest BCUT2D eigenvalue weighted by molar-refractivity contribution is 4.81. The molecule has 0 aliphatic heterocycles. The van der Waals surface area contributed by atoms with Crippen LogP contribution in [0.4, 0.5) is 0 Å². The van der Waals surface area contributed by atoms with Gasteiger partial charge in [0.05, 0.1) is 25.4 Å². The topological polar surface area (TPSA) is 131 Å². The quantitative estimate of drug-likeness (QED) is 0.266. The first-order valence-electron chi connectivity index (χ1n) is 6.37. The predicted octanol–water partition coefficient (Wildman–Crippen LogP) is -2.30. The molecule has 0 rings (SSSR count). The third-order valence-corrected chi connectivity index (χ3v) is 3.14. The van der Waals surface area contributed by atoms with E-state index >= 15 is 0 Å². The highest BCUT2D eigenvalue weighted by atomic mass is 16.5. The average Bonchev–Trinajstić information content (AvgIpc) is 2.45. The molecule has 0 spiro atoms. The van der Waals surface area contributed by atoms with Crippen LogP contribution in [-0.2, 0) is 4.74 Å². The Morgan fingerprint density at radius 1 is 0.684 bits per heavy atom. The molecule has 0 saturated heterocycles. The van der Waals surface area contributed by atoms with Crippen LogP contribution in [0.5, 0.6) is 0 Å². The van der Waals surface area contributed by atoms with E-state index in [9.17, 15) is 10.2 Å². The molecule has 0 fully saturated rings. The van der Waals surface area contributed by atoms with E-state index in [1.54, 1.807) is 13.8 Å². The van der Waals surface area contributed by atoms with Crippen molar-refractivity contribution in [2.45, 2.75) is 38.3 Å². The smallest absolute Gasteiger partial charge is 0.104 e. The molecule has 0 heterocycles. The van der Waals surface area contributed by atoms with E-state index in [0.717, 1.165) is 0 Å². The van der Waals surface area contributed by atoms with Gasteiger partial charge in [-0.15, -0.1) is 0 Å². The van der Waals surface area contributed by atoms with Gasteiger partial charge in [-0.1, -0.05) is 13.8 Å². The summed E-state index contributed by atoms with van der Waals surface area (Å²) in [6, 6.07) is 0. The lowest BCUT2D eigenvalue weighted by Gasteiger charge is -2.35. The summed E-state index contributed by atoms with van der Waals surface area (Å²) in [7, 11) is 0. The van der Waals surface area contributed by atoms with Crippen molar-refractivity contribution in [2.24, 2.45) is 11.8 Å². The average molecular weight is 282 g/mol. The number of ether oxygens (including phenoxy) is 1. The van der Waals surface area contributed by atoms with Gasteiger partial charge in [0.1, 0.15) is 12.2 Å². The number of aliphatic hydroxyl groups excluding tert-OH is 6. The molecule has 7 heteroatoms. The minimum absolute atomic E-state index is 0.267. The van der Waals surface area contributed by atoms with Crippen LogP contribution >= 0.6 is 0 Å². The third-order valence-electron chi connectivity index (χ3n) is 3.14. The van der Waals surface area contributed by atoms with Gasteiger partial charge in [-0.25, -0.2) is 0 Å². The summed E-state index contributed by atoms with van der Waals surface area (Å²) >= 11 is 0. The van der Waals surface area contributed by atoms with Crippen molar-refractivity contribution in [3.05, 3.63) is 0 Å². The van der Waals surface area contributed by atoms with Crippen LogP contribution in [0.1, 0.15) is 13.8 Å². The van der Waals surface area contributed by atoms with Crippen LogP contribution in [0, 0.1) is 11.8 Å². The van der Waals surface area contributed by atoms with Crippen molar-refractivity contribution >= 4 is 0 Å². The Kier molecular flexibility index (Phi) is 9.46. The van der Waals surface area contributed by atoms with Gasteiger partial charge in [0.2, 0.25) is 0 Å². The van der Waals surface area contributed by atoms with Gasteiger partial charge < -0.3 is 35.4 Å². The van der Waals surface area contributed by atoms with E-state index in [0.29, 0.717) is 0 Å². The van der Waals surface area contributed by atoms with Crippen LogP contribution in [-0.4, -0.2) is 81.5 Å². The SMILES string of the molecule is CC(CO)C(OC(C(C)CO)C(O)CO)C(O)CO. The fraction of sp³-hybridized carbons (Fsp3) is 1.00. The Morgan fingerprint density at radius 3 is 1.21 bits per heavy atom. The van der Waals surface area contributed by atoms with Crippen molar-refractivity contribution in [1.29, 1.82) is 0 Å². The van der Waals surface area contributed by atoms with Crippen LogP contribution in [0.25, 0.3) is 0 Å². The molecular weight excluding hydrogens is 256 g/mol. The van der Waals surface area contributed by atoms with Crippen LogP contribution in [0.3, 0.4) is 0 Å². The number of rotatable bonds is 10. The van der Waals surface area contributed by atoms with E-state index in [1.807, 2.05) is 0 Å². The Labute approximate surface area is 113 Å². The Hall–Kier alpha value is -0.280. The van der Waals surface area contributed by atoms with E-state index in [4.69, 9.17) is 25.2 Å². The van der Waals surface area contributed by atoms with Gasteiger partial charge in [0.15, 0.2) is 0 Å². The van der Waals surface area contributed by atoms with Gasteiger partial charge >= 0.3 is 0 Å². The summed E-state index contributed by atoms with van der Waals surface area (Å²) in [4.78, 5) is 0. The van der Waals surface area contributed by atoms with Crippen molar-refractivity contribution in [2.75, 3.05) is 26.4 Å². The maximum absolute atomic E-state index is 9.68. The van der Waals surface area contributed by atoms with Gasteiger partial charge in [-0.3, -0.25) is 0 Å². The molecule has 0 aromatic carbocycles. The summed E-state index contributed by atoms with van der Waals surface area (Å²) in [5.74, 6) is -0.942. The molecule has 0 bridgehead atoms. The van der Waals surface area contributed by atoms with Crippen molar-refractivity contribution in [3.63, 3.8) is 0 Å². The Balaban J connectivity index is 4.91. The molecule has 0 radical (unpaired) electrons. The van der Waals surface area contributed by atoms with Crippen molar-refractivity contribution < 1.29 is 35.4 Å². The highest BCUT2D eigenvalue weighted by Gasteiger charge is 2.33. The fourth-order valence-electron chi connectivity index (χ4n) is 1.81. The molecule has 0 saturated carbocycles. The molecule has 6 atom stereocenters. The molecule has 7 nitrogen and oxygen atoms in total. The highest BCUT2D eigenvalue weighted by Crippen LogP contribution is 2.20. The maximum atomic E-state index is 9.68. The van der Waals surface area contributed by atoms with Gasteiger partial charge in [-0.05, 0) is 0 Å². The molecule has 19 heavy (non-hydrogen) atoms. The zero-order valence-corrected chi connectivity index (χ0v) is 11.4. The second kappa shape index (κ2) is 9.60. The first kappa shape index (κ1) is 18.7. The van der Waals surface area contributed by atoms with E-state index in [-0.39, 0.29) is 13.2 Å². The first-order valence-corrected chi connectivity index (χ1v) is 6.37. The lowest BCUT2D eigenvalue weighted by atomic mass is 9.97. The largest absolute Gasteiger partial charge is 0.396 e. The summed E-state index contributed by atoms with van der Waals surface area (Å²) in [6.07, 6.45) is -4.26. The van der Waals surface area contributed by atoms with E-state index < -0.39 is 49.5 Å². The third kappa shape index (κ3) is 5.70. The molecule has 0 aromatic heterocycles. The molecule has 0 aromatic rings. The monoisotopic (exact) mass is 282 g/mol. The molecule has 0 amide bonds. The lowest BCUT2D eigenvalue weighted by molar-refractivity contribution is -0.171. The summed E-state index contributed by atoms with van der Waals surface area (Å²) < 4.78 is 5.52. The normalized spacial score (nSPS) is 21.5. The number of hydrogen-bond acceptors (Lipinski definition) is 7. The van der Waals surface area contributed by atoms with Gasteiger partial charge in [-0.2, -0.15) is 0 Å². The zero-order chi connectivity index (χ0) is 15.0. The molecule has 0 aliphatic carbocycles. The standard InChI is InChI=1S/C12H26O7/c1-7(3-13)11(9(17)5-15)19-12(8(2)4-14)10(18)6-16/h7-18H,3-6H2,1-2H3. The van der Waals surface area contributed by atoms with Crippen LogP contribution in [0.2, 0.25) is 0 Å². The lowest BCUT2D eigenvalue weighted by Crippen LogP contribution is -2.47. The number of hydrogen-bond donors (Lipinski definition) is 6. The molecule has 0 aliphatic rings.